The lowest BCUT2D eigenvalue weighted by Crippen LogP contribution is -2.46. The number of hydrazine groups is 1. The molecule has 1 heterocycles. The van der Waals surface area contributed by atoms with Crippen LogP contribution in [0.5, 0.6) is 0 Å². The standard InChI is InChI=1S/C12H27N5/c1-5-16(6-2)11-7-8-17(9-11)12(15-13)14-10(3)4/h10-11H,5-9,13H2,1-4H3,(H,14,15). The van der Waals surface area contributed by atoms with Gasteiger partial charge in [-0.15, -0.1) is 0 Å². The molecular weight excluding hydrogens is 214 g/mol. The van der Waals surface area contributed by atoms with Gasteiger partial charge in [0.1, 0.15) is 0 Å². The van der Waals surface area contributed by atoms with E-state index in [1.54, 1.807) is 0 Å². The van der Waals surface area contributed by atoms with Crippen molar-refractivity contribution in [3.05, 3.63) is 0 Å². The number of aliphatic imine (C=N–C) groups is 1. The van der Waals surface area contributed by atoms with Gasteiger partial charge in [-0.05, 0) is 33.4 Å². The predicted octanol–water partition coefficient (Wildman–Crippen LogP) is 0.630. The van der Waals surface area contributed by atoms with Crippen LogP contribution in [-0.4, -0.2) is 54.0 Å². The lowest BCUT2D eigenvalue weighted by Gasteiger charge is -2.27. The van der Waals surface area contributed by atoms with Crippen LogP contribution < -0.4 is 11.3 Å². The Morgan fingerprint density at radius 3 is 2.59 bits per heavy atom. The predicted molar refractivity (Wildman–Crippen MR) is 72.8 cm³/mol. The van der Waals surface area contributed by atoms with E-state index in [9.17, 15) is 0 Å². The molecule has 0 bridgehead atoms. The minimum Gasteiger partial charge on any atom is -0.340 e. The van der Waals surface area contributed by atoms with Crippen molar-refractivity contribution in [2.24, 2.45) is 10.8 Å². The van der Waals surface area contributed by atoms with Gasteiger partial charge in [-0.2, -0.15) is 0 Å². The fourth-order valence-corrected chi connectivity index (χ4v) is 2.43. The number of hydrogen-bond acceptors (Lipinski definition) is 3. The minimum absolute atomic E-state index is 0.272. The third kappa shape index (κ3) is 3.85. The molecule has 0 amide bonds. The van der Waals surface area contributed by atoms with Gasteiger partial charge < -0.3 is 4.90 Å². The third-order valence-electron chi connectivity index (χ3n) is 3.30. The largest absolute Gasteiger partial charge is 0.340 e. The first kappa shape index (κ1) is 14.3. The van der Waals surface area contributed by atoms with Crippen molar-refractivity contribution in [2.75, 3.05) is 26.2 Å². The summed E-state index contributed by atoms with van der Waals surface area (Å²) in [4.78, 5) is 9.27. The molecule has 1 atom stereocenters. The average molecular weight is 241 g/mol. The third-order valence-corrected chi connectivity index (χ3v) is 3.30. The van der Waals surface area contributed by atoms with Gasteiger partial charge >= 0.3 is 0 Å². The monoisotopic (exact) mass is 241 g/mol. The first-order valence-electron chi connectivity index (χ1n) is 6.65. The Bertz CT molecular complexity index is 247. The molecule has 5 heteroatoms. The van der Waals surface area contributed by atoms with Crippen LogP contribution in [0.15, 0.2) is 4.99 Å². The van der Waals surface area contributed by atoms with E-state index in [0.717, 1.165) is 32.1 Å². The smallest absolute Gasteiger partial charge is 0.208 e. The van der Waals surface area contributed by atoms with Gasteiger partial charge in [0, 0.05) is 25.2 Å². The maximum Gasteiger partial charge on any atom is 0.208 e. The molecule has 100 valence electrons. The highest BCUT2D eigenvalue weighted by Crippen LogP contribution is 2.15. The Kier molecular flexibility index (Phi) is 5.71. The number of likely N-dealkylation sites (N-methyl/N-ethyl adjacent to an activating group) is 1. The van der Waals surface area contributed by atoms with Crippen LogP contribution >= 0.6 is 0 Å². The van der Waals surface area contributed by atoms with E-state index in [0.29, 0.717) is 6.04 Å². The van der Waals surface area contributed by atoms with Gasteiger partial charge in [-0.25, -0.2) is 10.8 Å². The number of nitrogens with two attached hydrogens (primary N) is 1. The summed E-state index contributed by atoms with van der Waals surface area (Å²) in [6, 6.07) is 0.907. The van der Waals surface area contributed by atoms with Gasteiger partial charge in [0.2, 0.25) is 5.96 Å². The average Bonchev–Trinajstić information content (AvgIpc) is 2.76. The van der Waals surface area contributed by atoms with Crippen LogP contribution in [0.25, 0.3) is 0 Å². The molecule has 0 aromatic rings. The van der Waals surface area contributed by atoms with Gasteiger partial charge in [-0.1, -0.05) is 13.8 Å². The minimum atomic E-state index is 0.272. The van der Waals surface area contributed by atoms with E-state index < -0.39 is 0 Å². The van der Waals surface area contributed by atoms with Crippen LogP contribution in [-0.2, 0) is 0 Å². The van der Waals surface area contributed by atoms with E-state index in [1.165, 1.54) is 6.42 Å². The number of likely N-dealkylation sites (tertiary alicyclic amines) is 1. The Labute approximate surface area is 105 Å². The molecule has 1 fully saturated rings. The summed E-state index contributed by atoms with van der Waals surface area (Å²) < 4.78 is 0. The van der Waals surface area contributed by atoms with Crippen LogP contribution in [0.2, 0.25) is 0 Å². The van der Waals surface area contributed by atoms with E-state index in [4.69, 9.17) is 5.84 Å². The summed E-state index contributed by atoms with van der Waals surface area (Å²) >= 11 is 0. The Morgan fingerprint density at radius 2 is 2.12 bits per heavy atom. The van der Waals surface area contributed by atoms with E-state index in [-0.39, 0.29) is 6.04 Å². The van der Waals surface area contributed by atoms with Crippen molar-refractivity contribution in [2.45, 2.75) is 46.2 Å². The molecule has 1 aliphatic heterocycles. The van der Waals surface area contributed by atoms with Crippen molar-refractivity contribution in [3.8, 4) is 0 Å². The molecule has 1 saturated heterocycles. The van der Waals surface area contributed by atoms with Crippen LogP contribution in [0.4, 0.5) is 0 Å². The zero-order valence-corrected chi connectivity index (χ0v) is 11.6. The maximum absolute atomic E-state index is 5.55. The molecule has 0 aromatic carbocycles. The van der Waals surface area contributed by atoms with Gasteiger partial charge in [0.05, 0.1) is 0 Å². The molecule has 1 rings (SSSR count). The number of hydrogen-bond donors (Lipinski definition) is 2. The molecule has 0 radical (unpaired) electrons. The molecular formula is C12H27N5. The second kappa shape index (κ2) is 6.81. The zero-order chi connectivity index (χ0) is 12.8. The highest BCUT2D eigenvalue weighted by molar-refractivity contribution is 5.79. The molecule has 0 spiro atoms. The molecule has 17 heavy (non-hydrogen) atoms. The summed E-state index contributed by atoms with van der Waals surface area (Å²) in [7, 11) is 0. The first-order chi connectivity index (χ1) is 8.12. The summed E-state index contributed by atoms with van der Waals surface area (Å²) in [6.45, 7) is 12.9. The number of nitrogens with one attached hydrogen (secondary N) is 1. The molecule has 1 aliphatic rings. The number of nitrogens with zero attached hydrogens (tertiary/aromatic N) is 3. The Balaban J connectivity index is 2.59. The quantitative estimate of drug-likeness (QED) is 0.328. The number of rotatable bonds is 4. The second-order valence-electron chi connectivity index (χ2n) is 4.80. The fraction of sp³-hybridized carbons (Fsp3) is 0.917. The van der Waals surface area contributed by atoms with Crippen LogP contribution in [0.3, 0.4) is 0 Å². The van der Waals surface area contributed by atoms with Crippen LogP contribution in [0, 0.1) is 0 Å². The summed E-state index contributed by atoms with van der Waals surface area (Å²) in [5, 5.41) is 0. The topological polar surface area (TPSA) is 56.9 Å². The van der Waals surface area contributed by atoms with Crippen LogP contribution in [0.1, 0.15) is 34.1 Å². The van der Waals surface area contributed by atoms with Gasteiger partial charge in [-0.3, -0.25) is 10.3 Å². The summed E-state index contributed by atoms with van der Waals surface area (Å²) in [6.07, 6.45) is 1.19. The van der Waals surface area contributed by atoms with Crippen molar-refractivity contribution >= 4 is 5.96 Å². The molecule has 0 saturated carbocycles. The molecule has 0 aliphatic carbocycles. The fourth-order valence-electron chi connectivity index (χ4n) is 2.43. The van der Waals surface area contributed by atoms with Crippen molar-refractivity contribution < 1.29 is 0 Å². The van der Waals surface area contributed by atoms with Crippen molar-refractivity contribution in [1.29, 1.82) is 0 Å². The molecule has 5 nitrogen and oxygen atoms in total. The zero-order valence-electron chi connectivity index (χ0n) is 11.6. The maximum atomic E-state index is 5.55. The Morgan fingerprint density at radius 1 is 1.47 bits per heavy atom. The normalized spacial score (nSPS) is 21.7. The van der Waals surface area contributed by atoms with E-state index in [1.807, 2.05) is 0 Å². The molecule has 0 aromatic heterocycles. The summed E-state index contributed by atoms with van der Waals surface area (Å²) in [5.74, 6) is 6.38. The highest BCUT2D eigenvalue weighted by Gasteiger charge is 2.27. The van der Waals surface area contributed by atoms with E-state index >= 15 is 0 Å². The Hall–Kier alpha value is -0.810. The first-order valence-corrected chi connectivity index (χ1v) is 6.65. The second-order valence-corrected chi connectivity index (χ2v) is 4.80. The molecule has 1 unspecified atom stereocenters. The summed E-state index contributed by atoms with van der Waals surface area (Å²) in [5.41, 5.74) is 2.73. The lowest BCUT2D eigenvalue weighted by molar-refractivity contribution is 0.223. The van der Waals surface area contributed by atoms with Gasteiger partial charge in [0.15, 0.2) is 0 Å². The lowest BCUT2D eigenvalue weighted by atomic mass is 10.2. The van der Waals surface area contributed by atoms with Crippen molar-refractivity contribution in [3.63, 3.8) is 0 Å². The number of guanidine groups is 1. The van der Waals surface area contributed by atoms with Crippen molar-refractivity contribution in [1.82, 2.24) is 15.2 Å². The highest BCUT2D eigenvalue weighted by atomic mass is 15.4. The van der Waals surface area contributed by atoms with E-state index in [2.05, 4.69) is 47.9 Å². The van der Waals surface area contributed by atoms with Gasteiger partial charge in [0.25, 0.3) is 0 Å². The molecule has 3 N–H and O–H groups in total. The SMILES string of the molecule is CCN(CC)C1CCN(C(=NC(C)C)NN)C1.